The van der Waals surface area contributed by atoms with Gasteiger partial charge in [0.15, 0.2) is 0 Å². The minimum Gasteiger partial charge on any atom is -0.489 e. The number of carbonyl (C=O) groups is 2. The second kappa shape index (κ2) is 9.89. The molecule has 2 aromatic carbocycles. The molecular formula is C23H24N2O3S. The zero-order valence-corrected chi connectivity index (χ0v) is 17.3. The van der Waals surface area contributed by atoms with E-state index in [0.717, 1.165) is 16.9 Å². The first-order valence-electron chi connectivity index (χ1n) is 9.40. The van der Waals surface area contributed by atoms with Crippen molar-refractivity contribution in [3.05, 3.63) is 87.6 Å². The van der Waals surface area contributed by atoms with Crippen LogP contribution in [0.3, 0.4) is 0 Å². The first kappa shape index (κ1) is 20.6. The third-order valence-electron chi connectivity index (χ3n) is 4.36. The summed E-state index contributed by atoms with van der Waals surface area (Å²) in [7, 11) is 0. The minimum atomic E-state index is -0.610. The van der Waals surface area contributed by atoms with Gasteiger partial charge in [0.05, 0.1) is 4.88 Å². The van der Waals surface area contributed by atoms with Crippen LogP contribution in [0.25, 0.3) is 0 Å². The second-order valence-corrected chi connectivity index (χ2v) is 7.76. The minimum absolute atomic E-state index is 0.227. The Balaban J connectivity index is 1.44. The number of hydrogen-bond donors (Lipinski definition) is 2. The summed E-state index contributed by atoms with van der Waals surface area (Å²) in [5, 5.41) is 7.37. The summed E-state index contributed by atoms with van der Waals surface area (Å²) in [5.74, 6) is 0.311. The van der Waals surface area contributed by atoms with Crippen LogP contribution < -0.4 is 15.4 Å². The zero-order chi connectivity index (χ0) is 20.6. The van der Waals surface area contributed by atoms with Crippen LogP contribution in [0.15, 0.2) is 66.0 Å². The summed E-state index contributed by atoms with van der Waals surface area (Å²) in [5.41, 5.74) is 3.29. The molecule has 0 spiro atoms. The van der Waals surface area contributed by atoms with Crippen molar-refractivity contribution in [3.63, 3.8) is 0 Å². The van der Waals surface area contributed by atoms with Gasteiger partial charge in [-0.2, -0.15) is 0 Å². The van der Waals surface area contributed by atoms with Gasteiger partial charge < -0.3 is 15.4 Å². The van der Waals surface area contributed by atoms with Crippen LogP contribution in [-0.2, 0) is 17.9 Å². The summed E-state index contributed by atoms with van der Waals surface area (Å²) in [6.07, 6.45) is 0. The molecule has 0 aliphatic heterocycles. The Morgan fingerprint density at radius 3 is 2.52 bits per heavy atom. The number of amides is 2. The van der Waals surface area contributed by atoms with Crippen molar-refractivity contribution in [1.82, 2.24) is 10.6 Å². The van der Waals surface area contributed by atoms with Crippen molar-refractivity contribution in [3.8, 4) is 5.75 Å². The largest absolute Gasteiger partial charge is 0.489 e. The number of thiophene rings is 1. The van der Waals surface area contributed by atoms with Crippen LogP contribution in [0.1, 0.15) is 33.3 Å². The van der Waals surface area contributed by atoms with Gasteiger partial charge >= 0.3 is 0 Å². The fraction of sp³-hybridized carbons (Fsp3) is 0.217. The standard InChI is InChI=1S/C23H24N2O3S/c1-16-5-3-6-19(13-16)15-28-20-10-8-18(9-11-20)14-24-22(26)17(2)25-23(27)21-7-4-12-29-21/h3-13,17H,14-15H2,1-2H3,(H,24,26)(H,25,27)/t17-/m0/s1. The van der Waals surface area contributed by atoms with E-state index >= 15 is 0 Å². The van der Waals surface area contributed by atoms with Crippen molar-refractivity contribution < 1.29 is 14.3 Å². The lowest BCUT2D eigenvalue weighted by atomic mass is 10.1. The predicted molar refractivity (Wildman–Crippen MR) is 115 cm³/mol. The molecule has 1 heterocycles. The van der Waals surface area contributed by atoms with E-state index in [1.54, 1.807) is 19.1 Å². The summed E-state index contributed by atoms with van der Waals surface area (Å²) in [6, 6.07) is 18.7. The number of aryl methyl sites for hydroxylation is 1. The first-order valence-corrected chi connectivity index (χ1v) is 10.3. The summed E-state index contributed by atoms with van der Waals surface area (Å²) >= 11 is 1.34. The molecule has 0 saturated heterocycles. The van der Waals surface area contributed by atoms with E-state index < -0.39 is 6.04 Å². The van der Waals surface area contributed by atoms with Crippen LogP contribution in [-0.4, -0.2) is 17.9 Å². The van der Waals surface area contributed by atoms with Crippen LogP contribution in [0.5, 0.6) is 5.75 Å². The van der Waals surface area contributed by atoms with Crippen LogP contribution >= 0.6 is 11.3 Å². The third-order valence-corrected chi connectivity index (χ3v) is 5.23. The molecule has 3 rings (SSSR count). The predicted octanol–water partition coefficient (Wildman–Crippen LogP) is 4.07. The molecule has 6 heteroatoms. The van der Waals surface area contributed by atoms with Gasteiger partial charge in [-0.15, -0.1) is 11.3 Å². The molecule has 1 aromatic heterocycles. The quantitative estimate of drug-likeness (QED) is 0.590. The Hall–Kier alpha value is -3.12. The average Bonchev–Trinajstić information content (AvgIpc) is 3.26. The molecule has 0 bridgehead atoms. The molecule has 0 fully saturated rings. The molecule has 0 aliphatic carbocycles. The smallest absolute Gasteiger partial charge is 0.261 e. The molecule has 5 nitrogen and oxygen atoms in total. The molecular weight excluding hydrogens is 384 g/mol. The van der Waals surface area contributed by atoms with E-state index in [9.17, 15) is 9.59 Å². The summed E-state index contributed by atoms with van der Waals surface area (Å²) in [6.45, 7) is 4.62. The van der Waals surface area contributed by atoms with E-state index in [1.165, 1.54) is 16.9 Å². The zero-order valence-electron chi connectivity index (χ0n) is 16.5. The maximum Gasteiger partial charge on any atom is 0.261 e. The van der Waals surface area contributed by atoms with E-state index in [1.807, 2.05) is 41.8 Å². The molecule has 0 radical (unpaired) electrons. The van der Waals surface area contributed by atoms with Crippen LogP contribution in [0, 0.1) is 6.92 Å². The van der Waals surface area contributed by atoms with E-state index in [-0.39, 0.29) is 11.8 Å². The van der Waals surface area contributed by atoms with Crippen molar-refractivity contribution in [2.45, 2.75) is 33.0 Å². The van der Waals surface area contributed by atoms with Crippen LogP contribution in [0.2, 0.25) is 0 Å². The van der Waals surface area contributed by atoms with Gasteiger partial charge in [0.1, 0.15) is 18.4 Å². The number of ether oxygens (including phenoxy) is 1. The summed E-state index contributed by atoms with van der Waals surface area (Å²) in [4.78, 5) is 24.8. The van der Waals surface area contributed by atoms with Gasteiger partial charge in [-0.1, -0.05) is 48.0 Å². The van der Waals surface area contributed by atoms with Gasteiger partial charge in [0.25, 0.3) is 5.91 Å². The second-order valence-electron chi connectivity index (χ2n) is 6.81. The Morgan fingerprint density at radius 2 is 1.83 bits per heavy atom. The number of nitrogens with one attached hydrogen (secondary N) is 2. The van der Waals surface area contributed by atoms with Gasteiger partial charge in [-0.3, -0.25) is 9.59 Å². The summed E-state index contributed by atoms with van der Waals surface area (Å²) < 4.78 is 5.81. The van der Waals surface area contributed by atoms with Gasteiger partial charge in [-0.05, 0) is 48.6 Å². The topological polar surface area (TPSA) is 67.4 Å². The first-order chi connectivity index (χ1) is 14.0. The molecule has 29 heavy (non-hydrogen) atoms. The monoisotopic (exact) mass is 408 g/mol. The van der Waals surface area contributed by atoms with Crippen molar-refractivity contribution in [2.75, 3.05) is 0 Å². The Bertz CT molecular complexity index is 953. The Morgan fingerprint density at radius 1 is 1.03 bits per heavy atom. The number of hydrogen-bond acceptors (Lipinski definition) is 4. The van der Waals surface area contributed by atoms with Crippen LogP contribution in [0.4, 0.5) is 0 Å². The van der Waals surface area contributed by atoms with Gasteiger partial charge in [0, 0.05) is 6.54 Å². The molecule has 2 N–H and O–H groups in total. The highest BCUT2D eigenvalue weighted by Crippen LogP contribution is 2.15. The average molecular weight is 409 g/mol. The van der Waals surface area contributed by atoms with E-state index in [0.29, 0.717) is 18.0 Å². The van der Waals surface area contributed by atoms with Gasteiger partial charge in [0.2, 0.25) is 5.91 Å². The van der Waals surface area contributed by atoms with Crippen molar-refractivity contribution in [2.24, 2.45) is 0 Å². The highest BCUT2D eigenvalue weighted by molar-refractivity contribution is 7.12. The molecule has 0 saturated carbocycles. The Kier molecular flexibility index (Phi) is 7.03. The van der Waals surface area contributed by atoms with Crippen molar-refractivity contribution in [1.29, 1.82) is 0 Å². The van der Waals surface area contributed by atoms with E-state index in [2.05, 4.69) is 29.7 Å². The lowest BCUT2D eigenvalue weighted by molar-refractivity contribution is -0.122. The Labute approximate surface area is 174 Å². The normalized spacial score (nSPS) is 11.5. The number of benzene rings is 2. The number of carbonyl (C=O) groups excluding carboxylic acids is 2. The van der Waals surface area contributed by atoms with Crippen molar-refractivity contribution >= 4 is 23.2 Å². The molecule has 3 aromatic rings. The van der Waals surface area contributed by atoms with Gasteiger partial charge in [-0.25, -0.2) is 0 Å². The molecule has 1 atom stereocenters. The fourth-order valence-corrected chi connectivity index (χ4v) is 3.38. The third kappa shape index (κ3) is 6.19. The number of rotatable bonds is 8. The lowest BCUT2D eigenvalue weighted by Gasteiger charge is -2.14. The maximum atomic E-state index is 12.2. The van der Waals surface area contributed by atoms with E-state index in [4.69, 9.17) is 4.74 Å². The SMILES string of the molecule is Cc1cccc(COc2ccc(CNC(=O)[C@H](C)NC(=O)c3cccs3)cc2)c1. The maximum absolute atomic E-state index is 12.2. The molecule has 150 valence electrons. The molecule has 0 unspecified atom stereocenters. The molecule has 0 aliphatic rings. The highest BCUT2D eigenvalue weighted by Gasteiger charge is 2.16. The fourth-order valence-electron chi connectivity index (χ4n) is 2.76. The molecule has 2 amide bonds. The highest BCUT2D eigenvalue weighted by atomic mass is 32.1. The lowest BCUT2D eigenvalue weighted by Crippen LogP contribution is -2.44.